The second kappa shape index (κ2) is 5.61. The van der Waals surface area contributed by atoms with Crippen LogP contribution in [0.2, 0.25) is 0 Å². The van der Waals surface area contributed by atoms with Crippen LogP contribution in [0.5, 0.6) is 17.2 Å². The fourth-order valence-electron chi connectivity index (χ4n) is 1.83. The van der Waals surface area contributed by atoms with Crippen LogP contribution in [0, 0.1) is 6.92 Å². The first-order valence-corrected chi connectivity index (χ1v) is 6.22. The van der Waals surface area contributed by atoms with Crippen LogP contribution in [-0.2, 0) is 6.42 Å². The molecule has 1 heterocycles. The summed E-state index contributed by atoms with van der Waals surface area (Å²) in [5.74, 6) is 2.06. The Balaban J connectivity index is 2.30. The topological polar surface area (TPSA) is 57.4 Å². The van der Waals surface area contributed by atoms with E-state index in [4.69, 9.17) is 15.2 Å². The summed E-state index contributed by atoms with van der Waals surface area (Å²) in [6.45, 7) is 4.02. The molecule has 1 aromatic carbocycles. The highest BCUT2D eigenvalue weighted by Gasteiger charge is 2.07. The van der Waals surface area contributed by atoms with Crippen molar-refractivity contribution in [3.8, 4) is 17.2 Å². The first-order chi connectivity index (χ1) is 9.13. The summed E-state index contributed by atoms with van der Waals surface area (Å²) in [6.07, 6.45) is 0.823. The molecule has 0 spiro atoms. The predicted molar refractivity (Wildman–Crippen MR) is 75.8 cm³/mol. The van der Waals surface area contributed by atoms with Gasteiger partial charge in [0.05, 0.1) is 18.5 Å². The molecule has 0 unspecified atom stereocenters. The molecule has 2 rings (SSSR count). The van der Waals surface area contributed by atoms with Gasteiger partial charge in [0, 0.05) is 11.8 Å². The average Bonchev–Trinajstić information content (AvgIpc) is 2.42. The van der Waals surface area contributed by atoms with Gasteiger partial charge in [-0.25, -0.2) is 0 Å². The van der Waals surface area contributed by atoms with Crippen molar-refractivity contribution in [3.05, 3.63) is 41.7 Å². The van der Waals surface area contributed by atoms with Gasteiger partial charge in [0.25, 0.3) is 0 Å². The highest BCUT2D eigenvalue weighted by molar-refractivity contribution is 5.56. The number of aryl methyl sites for hydroxylation is 2. The summed E-state index contributed by atoms with van der Waals surface area (Å²) in [5.41, 5.74) is 8.29. The van der Waals surface area contributed by atoms with Crippen molar-refractivity contribution in [2.24, 2.45) is 0 Å². The minimum atomic E-state index is 0.590. The Morgan fingerprint density at radius 1 is 1.16 bits per heavy atom. The Morgan fingerprint density at radius 2 is 1.95 bits per heavy atom. The molecule has 4 nitrogen and oxygen atoms in total. The van der Waals surface area contributed by atoms with Crippen LogP contribution in [0.25, 0.3) is 0 Å². The van der Waals surface area contributed by atoms with Gasteiger partial charge in [-0.15, -0.1) is 0 Å². The Hall–Kier alpha value is -2.23. The quantitative estimate of drug-likeness (QED) is 0.854. The van der Waals surface area contributed by atoms with Gasteiger partial charge in [0.15, 0.2) is 0 Å². The number of aromatic nitrogens is 1. The summed E-state index contributed by atoms with van der Waals surface area (Å²) in [4.78, 5) is 4.47. The van der Waals surface area contributed by atoms with E-state index >= 15 is 0 Å². The molecule has 0 aliphatic carbocycles. The number of benzene rings is 1. The van der Waals surface area contributed by atoms with E-state index in [1.54, 1.807) is 19.2 Å². The van der Waals surface area contributed by atoms with E-state index in [9.17, 15) is 0 Å². The maximum Gasteiger partial charge on any atom is 0.148 e. The fraction of sp³-hybridized carbons (Fsp3) is 0.267. The molecular weight excluding hydrogens is 240 g/mol. The van der Waals surface area contributed by atoms with Crippen molar-refractivity contribution in [1.29, 1.82) is 0 Å². The molecule has 100 valence electrons. The van der Waals surface area contributed by atoms with Crippen LogP contribution in [0.4, 0.5) is 5.69 Å². The van der Waals surface area contributed by atoms with E-state index in [0.29, 0.717) is 17.2 Å². The third-order valence-electron chi connectivity index (χ3n) is 2.84. The molecule has 0 fully saturated rings. The third-order valence-corrected chi connectivity index (χ3v) is 2.84. The molecule has 0 atom stereocenters. The second-order valence-electron chi connectivity index (χ2n) is 4.26. The van der Waals surface area contributed by atoms with Gasteiger partial charge < -0.3 is 15.2 Å². The number of nitrogens with zero attached hydrogens (tertiary/aromatic N) is 1. The molecule has 2 aromatic rings. The molecular formula is C15H18N2O2. The number of pyridine rings is 1. The SMILES string of the molecule is CCc1nc(C)ccc1Oc1ccc(N)c(OC)c1. The largest absolute Gasteiger partial charge is 0.494 e. The lowest BCUT2D eigenvalue weighted by molar-refractivity contribution is 0.410. The van der Waals surface area contributed by atoms with E-state index in [1.165, 1.54) is 0 Å². The van der Waals surface area contributed by atoms with Gasteiger partial charge in [-0.2, -0.15) is 0 Å². The second-order valence-corrected chi connectivity index (χ2v) is 4.26. The first-order valence-electron chi connectivity index (χ1n) is 6.22. The van der Waals surface area contributed by atoms with Crippen molar-refractivity contribution in [2.75, 3.05) is 12.8 Å². The number of anilines is 1. The highest BCUT2D eigenvalue weighted by atomic mass is 16.5. The Bertz CT molecular complexity index is 582. The lowest BCUT2D eigenvalue weighted by Crippen LogP contribution is -1.97. The number of hydrogen-bond donors (Lipinski definition) is 1. The van der Waals surface area contributed by atoms with E-state index in [0.717, 1.165) is 23.6 Å². The summed E-state index contributed by atoms with van der Waals surface area (Å²) >= 11 is 0. The van der Waals surface area contributed by atoms with Crippen LogP contribution < -0.4 is 15.2 Å². The molecule has 0 amide bonds. The van der Waals surface area contributed by atoms with Gasteiger partial charge >= 0.3 is 0 Å². The number of nitrogens with two attached hydrogens (primary N) is 1. The van der Waals surface area contributed by atoms with Crippen LogP contribution in [0.1, 0.15) is 18.3 Å². The van der Waals surface area contributed by atoms with E-state index < -0.39 is 0 Å². The van der Waals surface area contributed by atoms with E-state index in [2.05, 4.69) is 11.9 Å². The monoisotopic (exact) mass is 258 g/mol. The summed E-state index contributed by atoms with van der Waals surface area (Å²) in [5, 5.41) is 0. The average molecular weight is 258 g/mol. The van der Waals surface area contributed by atoms with Crippen molar-refractivity contribution in [3.63, 3.8) is 0 Å². The van der Waals surface area contributed by atoms with Crippen LogP contribution in [0.3, 0.4) is 0 Å². The van der Waals surface area contributed by atoms with Gasteiger partial charge in [0.1, 0.15) is 17.2 Å². The number of hydrogen-bond acceptors (Lipinski definition) is 4. The lowest BCUT2D eigenvalue weighted by atomic mass is 10.2. The van der Waals surface area contributed by atoms with Gasteiger partial charge in [-0.3, -0.25) is 4.98 Å². The normalized spacial score (nSPS) is 10.3. The third kappa shape index (κ3) is 2.96. The van der Waals surface area contributed by atoms with Crippen LogP contribution >= 0.6 is 0 Å². The Kier molecular flexibility index (Phi) is 3.90. The van der Waals surface area contributed by atoms with Crippen LogP contribution in [-0.4, -0.2) is 12.1 Å². The van der Waals surface area contributed by atoms with E-state index in [1.807, 2.05) is 25.1 Å². The number of methoxy groups -OCH3 is 1. The minimum Gasteiger partial charge on any atom is -0.494 e. The maximum absolute atomic E-state index is 5.85. The van der Waals surface area contributed by atoms with Gasteiger partial charge in [-0.05, 0) is 37.6 Å². The molecule has 0 saturated carbocycles. The molecule has 1 aromatic heterocycles. The summed E-state index contributed by atoms with van der Waals surface area (Å²) in [6, 6.07) is 9.22. The standard InChI is InChI=1S/C15H18N2O2/c1-4-13-14(8-5-10(2)17-13)19-11-6-7-12(16)15(9-11)18-3/h5-9H,4,16H2,1-3H3. The maximum atomic E-state index is 5.85. The van der Waals surface area contributed by atoms with Crippen molar-refractivity contribution in [2.45, 2.75) is 20.3 Å². The smallest absolute Gasteiger partial charge is 0.148 e. The van der Waals surface area contributed by atoms with E-state index in [-0.39, 0.29) is 0 Å². The molecule has 0 aliphatic rings. The van der Waals surface area contributed by atoms with Crippen LogP contribution in [0.15, 0.2) is 30.3 Å². The van der Waals surface area contributed by atoms with Gasteiger partial charge in [0.2, 0.25) is 0 Å². The lowest BCUT2D eigenvalue weighted by Gasteiger charge is -2.12. The van der Waals surface area contributed by atoms with Crippen molar-refractivity contribution in [1.82, 2.24) is 4.98 Å². The van der Waals surface area contributed by atoms with Crippen molar-refractivity contribution < 1.29 is 9.47 Å². The number of ether oxygens (including phenoxy) is 2. The van der Waals surface area contributed by atoms with Crippen molar-refractivity contribution >= 4 is 5.69 Å². The zero-order valence-corrected chi connectivity index (χ0v) is 11.4. The highest BCUT2D eigenvalue weighted by Crippen LogP contribution is 2.31. The first kappa shape index (κ1) is 13.2. The molecule has 2 N–H and O–H groups in total. The molecule has 0 saturated heterocycles. The Morgan fingerprint density at radius 3 is 2.63 bits per heavy atom. The summed E-state index contributed by atoms with van der Waals surface area (Å²) < 4.78 is 11.0. The molecule has 0 aliphatic heterocycles. The molecule has 0 bridgehead atoms. The zero-order chi connectivity index (χ0) is 13.8. The van der Waals surface area contributed by atoms with Gasteiger partial charge in [-0.1, -0.05) is 6.92 Å². The fourth-order valence-corrected chi connectivity index (χ4v) is 1.83. The Labute approximate surface area is 113 Å². The molecule has 0 radical (unpaired) electrons. The predicted octanol–water partition coefficient (Wildman–Crippen LogP) is 3.34. The molecule has 19 heavy (non-hydrogen) atoms. The summed E-state index contributed by atoms with van der Waals surface area (Å²) in [7, 11) is 1.58. The molecule has 4 heteroatoms. The number of nitrogen functional groups attached to an aromatic ring is 1. The number of rotatable bonds is 4. The zero-order valence-electron chi connectivity index (χ0n) is 11.4. The minimum absolute atomic E-state index is 0.590.